The fourth-order valence-electron chi connectivity index (χ4n) is 15.5. The zero-order valence-corrected chi connectivity index (χ0v) is 48.7. The summed E-state index contributed by atoms with van der Waals surface area (Å²) in [6.07, 6.45) is 1.24. The van der Waals surface area contributed by atoms with Crippen molar-refractivity contribution in [2.75, 3.05) is 9.80 Å². The molecule has 0 unspecified atom stereocenters. The molecule has 4 heterocycles. The van der Waals surface area contributed by atoms with Gasteiger partial charge in [-0.2, -0.15) is 0 Å². The average Bonchev–Trinajstić information content (AvgIpc) is 0.864. The Hall–Kier alpha value is -10.0. The van der Waals surface area contributed by atoms with E-state index < -0.39 is 0 Å². The molecule has 408 valence electrons. The SMILES string of the molecule is CC1(C)c2ccccc2N(c2ccc3c(c2)-c2c(ccc4c2Oc2ccccc2B4c2ccccc2)Cc2ccc(N4c5ccccc5C(C)(C)c5ccccc54)cc2-c2c(ccc4c2Oc2ccccc2B4c2ccccc2)C3)c2ccccc21. The van der Waals surface area contributed by atoms with E-state index in [1.807, 2.05) is 0 Å². The average molecular weight is 1100 g/mol. The van der Waals surface area contributed by atoms with Crippen LogP contribution in [0.1, 0.15) is 72.2 Å². The minimum absolute atomic E-state index is 0.0495. The first-order chi connectivity index (χ1) is 42.2. The Morgan fingerprint density at radius 3 is 1.02 bits per heavy atom. The highest BCUT2D eigenvalue weighted by Crippen LogP contribution is 2.56. The first-order valence-corrected chi connectivity index (χ1v) is 30.4. The molecule has 0 bridgehead atoms. The molecule has 0 amide bonds. The molecular weight excluding hydrogens is 1040 g/mol. The lowest BCUT2D eigenvalue weighted by Crippen LogP contribution is -2.55. The summed E-state index contributed by atoms with van der Waals surface area (Å²) in [5, 5.41) is 0. The van der Waals surface area contributed by atoms with Crippen molar-refractivity contribution in [3.8, 4) is 45.3 Å². The summed E-state index contributed by atoms with van der Waals surface area (Å²) in [5.41, 5.74) is 28.2. The lowest BCUT2D eigenvalue weighted by Gasteiger charge is -2.42. The van der Waals surface area contributed by atoms with Crippen LogP contribution in [0, 0.1) is 0 Å². The molecule has 12 aromatic rings. The molecule has 6 heteroatoms. The van der Waals surface area contributed by atoms with Gasteiger partial charge in [0.1, 0.15) is 23.0 Å². The second kappa shape index (κ2) is 19.3. The molecule has 1 aliphatic carbocycles. The maximum absolute atomic E-state index is 7.54. The van der Waals surface area contributed by atoms with Crippen LogP contribution in [0.15, 0.2) is 267 Å². The van der Waals surface area contributed by atoms with Crippen LogP contribution in [0.4, 0.5) is 34.1 Å². The van der Waals surface area contributed by atoms with Crippen molar-refractivity contribution in [3.63, 3.8) is 0 Å². The summed E-state index contributed by atoms with van der Waals surface area (Å²) in [6.45, 7) is 9.35. The molecule has 86 heavy (non-hydrogen) atoms. The highest BCUT2D eigenvalue weighted by atomic mass is 16.5. The smallest absolute Gasteiger partial charge is 0.250 e. The van der Waals surface area contributed by atoms with Crippen molar-refractivity contribution in [3.05, 3.63) is 311 Å². The van der Waals surface area contributed by atoms with Crippen LogP contribution < -0.4 is 52.1 Å². The predicted octanol–water partition coefficient (Wildman–Crippen LogP) is 16.0. The first-order valence-electron chi connectivity index (χ1n) is 30.4. The quantitative estimate of drug-likeness (QED) is 0.164. The summed E-state index contributed by atoms with van der Waals surface area (Å²) in [4.78, 5) is 5.00. The largest absolute Gasteiger partial charge is 0.458 e. The number of fused-ring (bicyclic) bond motifs is 16. The van der Waals surface area contributed by atoms with Gasteiger partial charge in [-0.25, -0.2) is 0 Å². The van der Waals surface area contributed by atoms with Crippen LogP contribution in [0.2, 0.25) is 0 Å². The fraction of sp³-hybridized carbons (Fsp3) is 0.100. The Labute approximate surface area is 504 Å². The van der Waals surface area contributed by atoms with E-state index >= 15 is 0 Å². The Morgan fingerprint density at radius 2 is 0.640 bits per heavy atom. The Balaban J connectivity index is 0.959. The van der Waals surface area contributed by atoms with Gasteiger partial charge in [-0.1, -0.05) is 245 Å². The molecule has 4 aliphatic heterocycles. The number of ether oxygens (including phenoxy) is 2. The second-order valence-corrected chi connectivity index (χ2v) is 25.0. The highest BCUT2D eigenvalue weighted by molar-refractivity contribution is 6.97. The molecule has 0 radical (unpaired) electrons. The van der Waals surface area contributed by atoms with E-state index in [-0.39, 0.29) is 24.3 Å². The number of hydrogen-bond acceptors (Lipinski definition) is 4. The van der Waals surface area contributed by atoms with E-state index in [2.05, 4.69) is 304 Å². The van der Waals surface area contributed by atoms with Crippen LogP contribution in [-0.4, -0.2) is 13.4 Å². The van der Waals surface area contributed by atoms with Gasteiger partial charge >= 0.3 is 0 Å². The molecule has 0 atom stereocenters. The van der Waals surface area contributed by atoms with E-state index in [1.54, 1.807) is 0 Å². The lowest BCUT2D eigenvalue weighted by atomic mass is 9.35. The van der Waals surface area contributed by atoms with Gasteiger partial charge in [0, 0.05) is 33.3 Å². The maximum atomic E-state index is 7.54. The summed E-state index contributed by atoms with van der Waals surface area (Å²) in [5.74, 6) is 3.59. The molecule has 0 aromatic heterocycles. The van der Waals surface area contributed by atoms with Gasteiger partial charge in [-0.15, -0.1) is 0 Å². The number of rotatable bonds is 4. The van der Waals surface area contributed by atoms with Gasteiger partial charge in [-0.05, 0) is 151 Å². The third-order valence-electron chi connectivity index (χ3n) is 19.6. The van der Waals surface area contributed by atoms with Crippen LogP contribution in [0.3, 0.4) is 0 Å². The first kappa shape index (κ1) is 50.5. The molecule has 4 nitrogen and oxygen atoms in total. The van der Waals surface area contributed by atoms with Gasteiger partial charge in [0.15, 0.2) is 0 Å². The summed E-state index contributed by atoms with van der Waals surface area (Å²) in [7, 11) is 0. The molecule has 0 spiro atoms. The molecule has 5 aliphatic rings. The summed E-state index contributed by atoms with van der Waals surface area (Å²) >= 11 is 0. The predicted molar refractivity (Wildman–Crippen MR) is 358 cm³/mol. The number of hydrogen-bond donors (Lipinski definition) is 0. The van der Waals surface area contributed by atoms with E-state index in [0.717, 1.165) is 67.6 Å². The van der Waals surface area contributed by atoms with E-state index in [1.165, 1.54) is 89.1 Å². The third kappa shape index (κ3) is 7.58. The Kier molecular flexibility index (Phi) is 11.3. The molecule has 17 rings (SSSR count). The van der Waals surface area contributed by atoms with Crippen molar-refractivity contribution in [2.45, 2.75) is 51.4 Å². The standard InChI is InChI=1S/C80H60B2N2O2/c1-79(2)61-27-11-17-33-69(61)83(70-34-18-12-28-62(70)79)57-43-39-51-47-54-42-46-68-78(86-74-38-22-16-32-66(74)82(68)56-25-9-6-10-26-56)76(54)60-50-58(84-71-35-19-13-29-63(71)80(3,4)64-30-14-20-36-72(64)84)44-40-52(60)48-53-41-45-67-77(75(53)59(51)49-57)85-73-37-21-15-31-65(73)81(67)55-23-7-5-8-24-55/h5-46,49-50H,47-48H2,1-4H3. The summed E-state index contributed by atoms with van der Waals surface area (Å²) < 4.78 is 15.1. The maximum Gasteiger partial charge on any atom is 0.250 e. The molecule has 0 saturated heterocycles. The lowest BCUT2D eigenvalue weighted by molar-refractivity contribution is 0.488. The van der Waals surface area contributed by atoms with Gasteiger partial charge in [-0.3, -0.25) is 0 Å². The molecule has 12 aromatic carbocycles. The number of nitrogens with zero attached hydrogens (tertiary/aromatic N) is 2. The minimum atomic E-state index is -0.210. The van der Waals surface area contributed by atoms with Crippen molar-refractivity contribution in [2.24, 2.45) is 0 Å². The van der Waals surface area contributed by atoms with E-state index in [9.17, 15) is 0 Å². The van der Waals surface area contributed by atoms with Gasteiger partial charge in [0.2, 0.25) is 0 Å². The van der Waals surface area contributed by atoms with Crippen molar-refractivity contribution >= 4 is 80.3 Å². The van der Waals surface area contributed by atoms with Crippen molar-refractivity contribution in [1.29, 1.82) is 0 Å². The van der Waals surface area contributed by atoms with Crippen molar-refractivity contribution in [1.82, 2.24) is 0 Å². The monoisotopic (exact) mass is 1100 g/mol. The second-order valence-electron chi connectivity index (χ2n) is 25.0. The number of para-hydroxylation sites is 6. The normalized spacial score (nSPS) is 14.9. The van der Waals surface area contributed by atoms with Crippen molar-refractivity contribution < 1.29 is 9.47 Å². The topological polar surface area (TPSA) is 24.9 Å². The van der Waals surface area contributed by atoms with Gasteiger partial charge in [0.05, 0.1) is 22.7 Å². The zero-order valence-electron chi connectivity index (χ0n) is 48.7. The number of benzene rings is 12. The third-order valence-corrected chi connectivity index (χ3v) is 19.6. The van der Waals surface area contributed by atoms with Crippen LogP contribution in [-0.2, 0) is 23.7 Å². The summed E-state index contributed by atoms with van der Waals surface area (Å²) in [6, 6.07) is 99.4. The highest BCUT2D eigenvalue weighted by Gasteiger charge is 2.42. The zero-order chi connectivity index (χ0) is 57.4. The van der Waals surface area contributed by atoms with Gasteiger partial charge < -0.3 is 19.3 Å². The van der Waals surface area contributed by atoms with Gasteiger partial charge in [0.25, 0.3) is 13.4 Å². The van der Waals surface area contributed by atoms with E-state index in [0.29, 0.717) is 12.8 Å². The van der Waals surface area contributed by atoms with Crippen LogP contribution in [0.25, 0.3) is 22.3 Å². The molecule has 0 N–H and O–H groups in total. The molecule has 0 fully saturated rings. The van der Waals surface area contributed by atoms with Crippen LogP contribution >= 0.6 is 0 Å². The molecule has 0 saturated carbocycles. The Bertz CT molecular complexity index is 4360. The Morgan fingerprint density at radius 1 is 0.314 bits per heavy atom. The number of anilines is 6. The minimum Gasteiger partial charge on any atom is -0.458 e. The molecular formula is C80H60B2N2O2. The van der Waals surface area contributed by atoms with Crippen LogP contribution in [0.5, 0.6) is 23.0 Å². The fourth-order valence-corrected chi connectivity index (χ4v) is 15.5. The van der Waals surface area contributed by atoms with E-state index in [4.69, 9.17) is 9.47 Å².